The largest absolute Gasteiger partial charge is 0.382 e. The molecule has 0 amide bonds. The molecule has 0 saturated heterocycles. The van der Waals surface area contributed by atoms with Crippen LogP contribution in [0.15, 0.2) is 47.4 Å². The SMILES string of the molecule is Nc1cnc(-c2cc(-c3ccno3)ccc2Cl)cn1. The van der Waals surface area contributed by atoms with E-state index in [0.717, 1.165) is 11.1 Å². The number of hydrogen-bond acceptors (Lipinski definition) is 5. The number of aromatic nitrogens is 3. The monoisotopic (exact) mass is 272 g/mol. The third-order valence-electron chi connectivity index (χ3n) is 2.64. The van der Waals surface area contributed by atoms with E-state index in [1.54, 1.807) is 24.5 Å². The molecular weight excluding hydrogens is 264 g/mol. The second-order valence-electron chi connectivity index (χ2n) is 3.90. The van der Waals surface area contributed by atoms with Gasteiger partial charge >= 0.3 is 0 Å². The zero-order chi connectivity index (χ0) is 13.2. The van der Waals surface area contributed by atoms with Gasteiger partial charge in [-0.3, -0.25) is 4.98 Å². The number of halogens is 1. The van der Waals surface area contributed by atoms with E-state index in [2.05, 4.69) is 15.1 Å². The van der Waals surface area contributed by atoms with Gasteiger partial charge in [0, 0.05) is 17.2 Å². The summed E-state index contributed by atoms with van der Waals surface area (Å²) in [5, 5.41) is 4.27. The van der Waals surface area contributed by atoms with Crippen LogP contribution in [0, 0.1) is 0 Å². The average molecular weight is 273 g/mol. The van der Waals surface area contributed by atoms with Crippen molar-refractivity contribution in [3.63, 3.8) is 0 Å². The smallest absolute Gasteiger partial charge is 0.166 e. The van der Waals surface area contributed by atoms with Gasteiger partial charge in [-0.05, 0) is 18.2 Å². The van der Waals surface area contributed by atoms with E-state index >= 15 is 0 Å². The standard InChI is InChI=1S/C13H9ClN4O/c14-10-2-1-8(12-3-4-18-19-12)5-9(10)11-6-17-13(15)7-16-11/h1-7H,(H2,15,17). The molecule has 0 aliphatic rings. The van der Waals surface area contributed by atoms with Crippen molar-refractivity contribution in [3.8, 4) is 22.6 Å². The Morgan fingerprint density at radius 3 is 2.68 bits per heavy atom. The van der Waals surface area contributed by atoms with Crippen LogP contribution in [-0.2, 0) is 0 Å². The first-order valence-electron chi connectivity index (χ1n) is 5.52. The van der Waals surface area contributed by atoms with E-state index in [4.69, 9.17) is 21.9 Å². The number of hydrogen-bond donors (Lipinski definition) is 1. The van der Waals surface area contributed by atoms with Gasteiger partial charge in [-0.1, -0.05) is 16.8 Å². The first-order chi connectivity index (χ1) is 9.24. The van der Waals surface area contributed by atoms with Crippen molar-refractivity contribution in [2.75, 3.05) is 5.73 Å². The minimum Gasteiger partial charge on any atom is -0.382 e. The molecule has 0 aliphatic heterocycles. The molecule has 0 saturated carbocycles. The molecule has 3 aromatic rings. The Labute approximate surface area is 114 Å². The summed E-state index contributed by atoms with van der Waals surface area (Å²) < 4.78 is 5.12. The summed E-state index contributed by atoms with van der Waals surface area (Å²) in [6.45, 7) is 0. The van der Waals surface area contributed by atoms with Crippen molar-refractivity contribution < 1.29 is 4.52 Å². The maximum Gasteiger partial charge on any atom is 0.166 e. The van der Waals surface area contributed by atoms with Crippen LogP contribution in [0.3, 0.4) is 0 Å². The molecule has 0 bridgehead atoms. The molecule has 6 heteroatoms. The Bertz CT molecular complexity index is 695. The second-order valence-corrected chi connectivity index (χ2v) is 4.31. The van der Waals surface area contributed by atoms with E-state index in [9.17, 15) is 0 Å². The number of benzene rings is 1. The summed E-state index contributed by atoms with van der Waals surface area (Å²) >= 11 is 6.19. The molecule has 5 nitrogen and oxygen atoms in total. The van der Waals surface area contributed by atoms with Crippen molar-refractivity contribution in [2.24, 2.45) is 0 Å². The van der Waals surface area contributed by atoms with E-state index < -0.39 is 0 Å². The molecule has 2 heterocycles. The summed E-state index contributed by atoms with van der Waals surface area (Å²) in [4.78, 5) is 8.22. The van der Waals surface area contributed by atoms with Gasteiger partial charge in [-0.2, -0.15) is 0 Å². The third kappa shape index (κ3) is 2.28. The quantitative estimate of drug-likeness (QED) is 0.776. The van der Waals surface area contributed by atoms with E-state index in [-0.39, 0.29) is 0 Å². The summed E-state index contributed by atoms with van der Waals surface area (Å²) in [5.74, 6) is 1.03. The molecule has 94 valence electrons. The number of nitrogen functional groups attached to an aromatic ring is 1. The van der Waals surface area contributed by atoms with Gasteiger partial charge in [0.25, 0.3) is 0 Å². The molecular formula is C13H9ClN4O. The molecule has 1 aromatic carbocycles. The van der Waals surface area contributed by atoms with Crippen LogP contribution in [0.25, 0.3) is 22.6 Å². The van der Waals surface area contributed by atoms with Gasteiger partial charge < -0.3 is 10.3 Å². The van der Waals surface area contributed by atoms with Gasteiger partial charge in [0.05, 0.1) is 29.3 Å². The minimum atomic E-state index is 0.367. The maximum atomic E-state index is 6.19. The maximum absolute atomic E-state index is 6.19. The average Bonchev–Trinajstić information content (AvgIpc) is 2.94. The van der Waals surface area contributed by atoms with Crippen LogP contribution in [0.4, 0.5) is 5.82 Å². The lowest BCUT2D eigenvalue weighted by Gasteiger charge is -2.05. The number of rotatable bonds is 2. The predicted molar refractivity (Wildman–Crippen MR) is 72.4 cm³/mol. The summed E-state index contributed by atoms with van der Waals surface area (Å²) in [6.07, 6.45) is 4.67. The lowest BCUT2D eigenvalue weighted by atomic mass is 10.1. The molecule has 2 aromatic heterocycles. The predicted octanol–water partition coefficient (Wildman–Crippen LogP) is 3.03. The number of anilines is 1. The lowest BCUT2D eigenvalue weighted by Crippen LogP contribution is -1.93. The van der Waals surface area contributed by atoms with Crippen LogP contribution < -0.4 is 5.73 Å². The first-order valence-corrected chi connectivity index (χ1v) is 5.90. The van der Waals surface area contributed by atoms with Gasteiger partial charge in [0.2, 0.25) is 0 Å². The summed E-state index contributed by atoms with van der Waals surface area (Å²) in [5.41, 5.74) is 7.81. The Hall–Kier alpha value is -2.40. The zero-order valence-electron chi connectivity index (χ0n) is 9.75. The molecule has 0 fully saturated rings. The third-order valence-corrected chi connectivity index (χ3v) is 2.97. The van der Waals surface area contributed by atoms with E-state index in [1.807, 2.05) is 12.1 Å². The topological polar surface area (TPSA) is 77.8 Å². The first kappa shape index (κ1) is 11.7. The van der Waals surface area contributed by atoms with Gasteiger partial charge in [-0.15, -0.1) is 0 Å². The molecule has 0 radical (unpaired) electrons. The Morgan fingerprint density at radius 2 is 2.00 bits per heavy atom. The molecule has 0 aliphatic carbocycles. The van der Waals surface area contributed by atoms with Crippen molar-refractivity contribution in [3.05, 3.63) is 47.9 Å². The van der Waals surface area contributed by atoms with Crippen LogP contribution in [-0.4, -0.2) is 15.1 Å². The summed E-state index contributed by atoms with van der Waals surface area (Å²) in [6, 6.07) is 7.30. The Morgan fingerprint density at radius 1 is 1.11 bits per heavy atom. The fraction of sp³-hybridized carbons (Fsp3) is 0. The van der Waals surface area contributed by atoms with Gasteiger partial charge in [-0.25, -0.2) is 4.98 Å². The molecule has 19 heavy (non-hydrogen) atoms. The van der Waals surface area contributed by atoms with Crippen molar-refractivity contribution in [2.45, 2.75) is 0 Å². The highest BCUT2D eigenvalue weighted by molar-refractivity contribution is 6.33. The Balaban J connectivity index is 2.10. The normalized spacial score (nSPS) is 10.6. The Kier molecular flexibility index (Phi) is 2.89. The fourth-order valence-electron chi connectivity index (χ4n) is 1.72. The second kappa shape index (κ2) is 4.70. The van der Waals surface area contributed by atoms with Crippen LogP contribution in [0.2, 0.25) is 5.02 Å². The van der Waals surface area contributed by atoms with E-state index in [0.29, 0.717) is 22.3 Å². The summed E-state index contributed by atoms with van der Waals surface area (Å²) in [7, 11) is 0. The van der Waals surface area contributed by atoms with Crippen molar-refractivity contribution in [1.82, 2.24) is 15.1 Å². The fourth-order valence-corrected chi connectivity index (χ4v) is 1.93. The van der Waals surface area contributed by atoms with Gasteiger partial charge in [0.1, 0.15) is 5.82 Å². The lowest BCUT2D eigenvalue weighted by molar-refractivity contribution is 0.432. The van der Waals surface area contributed by atoms with Crippen molar-refractivity contribution in [1.29, 1.82) is 0 Å². The molecule has 2 N–H and O–H groups in total. The van der Waals surface area contributed by atoms with Crippen molar-refractivity contribution >= 4 is 17.4 Å². The molecule has 3 rings (SSSR count). The zero-order valence-corrected chi connectivity index (χ0v) is 10.5. The molecule has 0 unspecified atom stereocenters. The highest BCUT2D eigenvalue weighted by Gasteiger charge is 2.09. The minimum absolute atomic E-state index is 0.367. The number of nitrogens with zero attached hydrogens (tertiary/aromatic N) is 3. The number of nitrogens with two attached hydrogens (primary N) is 1. The van der Waals surface area contributed by atoms with Crippen LogP contribution >= 0.6 is 11.6 Å². The molecule has 0 atom stereocenters. The highest BCUT2D eigenvalue weighted by Crippen LogP contribution is 2.31. The van der Waals surface area contributed by atoms with E-state index in [1.165, 1.54) is 6.20 Å². The van der Waals surface area contributed by atoms with Crippen LogP contribution in [0.1, 0.15) is 0 Å². The highest BCUT2D eigenvalue weighted by atomic mass is 35.5. The molecule has 0 spiro atoms. The van der Waals surface area contributed by atoms with Crippen LogP contribution in [0.5, 0.6) is 0 Å². The van der Waals surface area contributed by atoms with Gasteiger partial charge in [0.15, 0.2) is 5.76 Å².